The van der Waals surface area contributed by atoms with Crippen LogP contribution in [0.5, 0.6) is 0 Å². The van der Waals surface area contributed by atoms with E-state index in [2.05, 4.69) is 10.3 Å². The topological polar surface area (TPSA) is 82.2 Å². The van der Waals surface area contributed by atoms with E-state index in [9.17, 15) is 9.59 Å². The second-order valence-electron chi connectivity index (χ2n) is 6.13. The molecule has 0 aliphatic carbocycles. The maximum atomic E-state index is 11.8. The molecular weight excluding hydrogens is 244 g/mol. The van der Waals surface area contributed by atoms with E-state index in [4.69, 9.17) is 5.11 Å². The molecule has 0 bridgehead atoms. The largest absolute Gasteiger partial charge is 0.481 e. The van der Waals surface area contributed by atoms with Crippen molar-refractivity contribution in [2.45, 2.75) is 39.5 Å². The number of carbonyl (C=O) groups excluding carboxylic acids is 1. The minimum absolute atomic E-state index is 0.0223. The molecule has 0 spiro atoms. The van der Waals surface area contributed by atoms with Gasteiger partial charge in [-0.3, -0.25) is 9.59 Å². The van der Waals surface area contributed by atoms with E-state index >= 15 is 0 Å². The summed E-state index contributed by atoms with van der Waals surface area (Å²) in [4.78, 5) is 25.7. The molecule has 0 aliphatic rings. The Morgan fingerprint density at radius 1 is 1.32 bits per heavy atom. The Labute approximate surface area is 113 Å². The van der Waals surface area contributed by atoms with Crippen molar-refractivity contribution in [1.29, 1.82) is 0 Å². The first kappa shape index (κ1) is 15.3. The number of carboxylic acid groups (broad SMARTS) is 1. The molecule has 3 N–H and O–H groups in total. The summed E-state index contributed by atoms with van der Waals surface area (Å²) in [5.74, 6) is -1.21. The molecule has 0 unspecified atom stereocenters. The Kier molecular flexibility index (Phi) is 4.39. The van der Waals surface area contributed by atoms with Crippen LogP contribution >= 0.6 is 0 Å². The van der Waals surface area contributed by atoms with Crippen molar-refractivity contribution in [1.82, 2.24) is 10.3 Å². The maximum Gasteiger partial charge on any atom is 0.309 e. The standard InChI is InChI=1S/C14H22N2O3/c1-13(2,12(18)19)7-11(17)16-9-14(3,4)10-5-6-15-8-10/h5-6,8,15H,7,9H2,1-4H3,(H,16,17)(H,18,19). The molecular formula is C14H22N2O3. The van der Waals surface area contributed by atoms with Crippen molar-refractivity contribution in [2.75, 3.05) is 6.54 Å². The summed E-state index contributed by atoms with van der Waals surface area (Å²) in [6.07, 6.45) is 3.71. The Morgan fingerprint density at radius 3 is 2.42 bits per heavy atom. The van der Waals surface area contributed by atoms with Crippen molar-refractivity contribution in [3.63, 3.8) is 0 Å². The normalized spacial score (nSPS) is 12.2. The smallest absolute Gasteiger partial charge is 0.309 e. The van der Waals surface area contributed by atoms with E-state index in [0.29, 0.717) is 6.54 Å². The van der Waals surface area contributed by atoms with Gasteiger partial charge in [0.2, 0.25) is 5.91 Å². The maximum absolute atomic E-state index is 11.8. The van der Waals surface area contributed by atoms with Crippen LogP contribution in [0.1, 0.15) is 39.7 Å². The first-order valence-electron chi connectivity index (χ1n) is 6.28. The van der Waals surface area contributed by atoms with Crippen LogP contribution in [0, 0.1) is 5.41 Å². The second-order valence-corrected chi connectivity index (χ2v) is 6.13. The van der Waals surface area contributed by atoms with Gasteiger partial charge in [0, 0.05) is 30.8 Å². The number of aromatic nitrogens is 1. The molecule has 1 aromatic heterocycles. The highest BCUT2D eigenvalue weighted by Crippen LogP contribution is 2.23. The van der Waals surface area contributed by atoms with Crippen LogP contribution in [0.2, 0.25) is 0 Å². The lowest BCUT2D eigenvalue weighted by Crippen LogP contribution is -2.39. The van der Waals surface area contributed by atoms with Gasteiger partial charge in [0.1, 0.15) is 0 Å². The average molecular weight is 266 g/mol. The van der Waals surface area contributed by atoms with Crippen LogP contribution < -0.4 is 5.32 Å². The molecule has 0 aliphatic heterocycles. The lowest BCUT2D eigenvalue weighted by molar-refractivity contribution is -0.149. The van der Waals surface area contributed by atoms with E-state index in [-0.39, 0.29) is 17.7 Å². The molecule has 0 fully saturated rings. The average Bonchev–Trinajstić information content (AvgIpc) is 2.79. The van der Waals surface area contributed by atoms with Gasteiger partial charge < -0.3 is 15.4 Å². The molecule has 106 valence electrons. The SMILES string of the molecule is CC(C)(CC(=O)NCC(C)(C)c1cc[nH]c1)C(=O)O. The van der Waals surface area contributed by atoms with Crippen molar-refractivity contribution >= 4 is 11.9 Å². The van der Waals surface area contributed by atoms with Crippen LogP contribution in [-0.2, 0) is 15.0 Å². The zero-order chi connectivity index (χ0) is 14.7. The van der Waals surface area contributed by atoms with Crippen LogP contribution in [0.15, 0.2) is 18.5 Å². The molecule has 19 heavy (non-hydrogen) atoms. The fraction of sp³-hybridized carbons (Fsp3) is 0.571. The van der Waals surface area contributed by atoms with Gasteiger partial charge in [-0.05, 0) is 25.5 Å². The predicted molar refractivity (Wildman–Crippen MR) is 72.9 cm³/mol. The molecule has 0 atom stereocenters. The number of amides is 1. The zero-order valence-electron chi connectivity index (χ0n) is 11.9. The van der Waals surface area contributed by atoms with E-state index in [1.165, 1.54) is 0 Å². The highest BCUT2D eigenvalue weighted by Gasteiger charge is 2.31. The van der Waals surface area contributed by atoms with E-state index in [0.717, 1.165) is 5.56 Å². The van der Waals surface area contributed by atoms with Gasteiger partial charge in [0.25, 0.3) is 0 Å². The number of rotatable bonds is 6. The first-order valence-corrected chi connectivity index (χ1v) is 6.28. The van der Waals surface area contributed by atoms with Crippen LogP contribution in [-0.4, -0.2) is 28.5 Å². The quantitative estimate of drug-likeness (QED) is 0.735. The van der Waals surface area contributed by atoms with Gasteiger partial charge in [-0.2, -0.15) is 0 Å². The molecule has 1 aromatic rings. The van der Waals surface area contributed by atoms with Crippen molar-refractivity contribution in [3.05, 3.63) is 24.0 Å². The van der Waals surface area contributed by atoms with Crippen molar-refractivity contribution in [3.8, 4) is 0 Å². The van der Waals surface area contributed by atoms with Gasteiger partial charge in [0.15, 0.2) is 0 Å². The number of H-pyrrole nitrogens is 1. The number of nitrogens with one attached hydrogen (secondary N) is 2. The molecule has 0 saturated heterocycles. The summed E-state index contributed by atoms with van der Waals surface area (Å²) < 4.78 is 0. The third-order valence-corrected chi connectivity index (χ3v) is 3.29. The molecule has 5 heteroatoms. The third kappa shape index (κ3) is 4.12. The van der Waals surface area contributed by atoms with Gasteiger partial charge >= 0.3 is 5.97 Å². The van der Waals surface area contributed by atoms with Crippen molar-refractivity contribution < 1.29 is 14.7 Å². The van der Waals surface area contributed by atoms with Gasteiger partial charge in [-0.25, -0.2) is 0 Å². The minimum Gasteiger partial charge on any atom is -0.481 e. The Bertz CT molecular complexity index is 447. The summed E-state index contributed by atoms with van der Waals surface area (Å²) in [6.45, 7) is 7.62. The predicted octanol–water partition coefficient (Wildman–Crippen LogP) is 1.91. The molecule has 0 aromatic carbocycles. The fourth-order valence-electron chi connectivity index (χ4n) is 1.71. The summed E-state index contributed by atoms with van der Waals surface area (Å²) in [6, 6.07) is 1.97. The molecule has 1 amide bonds. The highest BCUT2D eigenvalue weighted by molar-refractivity contribution is 5.84. The van der Waals surface area contributed by atoms with E-state index in [1.54, 1.807) is 13.8 Å². The van der Waals surface area contributed by atoms with Gasteiger partial charge in [0.05, 0.1) is 5.41 Å². The monoisotopic (exact) mass is 266 g/mol. The lowest BCUT2D eigenvalue weighted by atomic mass is 9.85. The summed E-state index contributed by atoms with van der Waals surface area (Å²) in [7, 11) is 0. The van der Waals surface area contributed by atoms with Gasteiger partial charge in [-0.15, -0.1) is 0 Å². The Hall–Kier alpha value is -1.78. The second kappa shape index (κ2) is 5.47. The summed E-state index contributed by atoms with van der Waals surface area (Å²) in [5, 5.41) is 11.8. The fourth-order valence-corrected chi connectivity index (χ4v) is 1.71. The highest BCUT2D eigenvalue weighted by atomic mass is 16.4. The van der Waals surface area contributed by atoms with E-state index in [1.807, 2.05) is 32.3 Å². The molecule has 0 saturated carbocycles. The van der Waals surface area contributed by atoms with Gasteiger partial charge in [-0.1, -0.05) is 13.8 Å². The minimum atomic E-state index is -1.04. The van der Waals surface area contributed by atoms with Crippen LogP contribution in [0.4, 0.5) is 0 Å². The molecule has 1 rings (SSSR count). The zero-order valence-corrected chi connectivity index (χ0v) is 11.9. The number of carboxylic acids is 1. The number of hydrogen-bond donors (Lipinski definition) is 3. The number of carbonyl (C=O) groups is 2. The first-order chi connectivity index (χ1) is 8.65. The number of aliphatic carboxylic acids is 1. The molecule has 5 nitrogen and oxygen atoms in total. The Morgan fingerprint density at radius 2 is 1.95 bits per heavy atom. The third-order valence-electron chi connectivity index (χ3n) is 3.29. The number of aromatic amines is 1. The molecule has 0 radical (unpaired) electrons. The number of hydrogen-bond acceptors (Lipinski definition) is 2. The van der Waals surface area contributed by atoms with E-state index < -0.39 is 11.4 Å². The summed E-state index contributed by atoms with van der Waals surface area (Å²) >= 11 is 0. The lowest BCUT2D eigenvalue weighted by Gasteiger charge is -2.25. The van der Waals surface area contributed by atoms with Crippen molar-refractivity contribution in [2.24, 2.45) is 5.41 Å². The Balaban J connectivity index is 2.53. The van der Waals surface area contributed by atoms with Crippen LogP contribution in [0.25, 0.3) is 0 Å². The van der Waals surface area contributed by atoms with Crippen LogP contribution in [0.3, 0.4) is 0 Å². The molecule has 1 heterocycles. The summed E-state index contributed by atoms with van der Waals surface area (Å²) in [5.41, 5.74) is -0.129.